The van der Waals surface area contributed by atoms with Crippen LogP contribution in [0, 0.1) is 0 Å². The van der Waals surface area contributed by atoms with Gasteiger partial charge in [0.15, 0.2) is 6.61 Å². The van der Waals surface area contributed by atoms with E-state index >= 15 is 0 Å². The molecule has 1 amide bonds. The van der Waals surface area contributed by atoms with Crippen molar-refractivity contribution in [2.75, 3.05) is 18.2 Å². The fraction of sp³-hybridized carbons (Fsp3) is 0.167. The number of aromatic nitrogens is 2. The van der Waals surface area contributed by atoms with Gasteiger partial charge in [0.05, 0.1) is 23.0 Å². The van der Waals surface area contributed by atoms with Crippen LogP contribution in [0.4, 0.5) is 5.69 Å². The Balaban J connectivity index is 1.54. The van der Waals surface area contributed by atoms with Gasteiger partial charge in [-0.25, -0.2) is 4.98 Å². The number of esters is 1. The molecule has 6 nitrogen and oxygen atoms in total. The summed E-state index contributed by atoms with van der Waals surface area (Å²) in [4.78, 5) is 29.1. The molecule has 1 aromatic heterocycles. The molecule has 3 rings (SSSR count). The van der Waals surface area contributed by atoms with Crippen molar-refractivity contribution in [2.24, 2.45) is 0 Å². The van der Waals surface area contributed by atoms with Crippen LogP contribution in [0.1, 0.15) is 0 Å². The summed E-state index contributed by atoms with van der Waals surface area (Å²) in [6.45, 7) is -0.316. The number of benzene rings is 2. The van der Waals surface area contributed by atoms with Crippen molar-refractivity contribution in [1.82, 2.24) is 9.55 Å². The minimum Gasteiger partial charge on any atom is -0.454 e. The Hall–Kier alpha value is -2.80. The summed E-state index contributed by atoms with van der Waals surface area (Å²) in [5.74, 6) is -0.859. The molecule has 0 atom stereocenters. The number of ether oxygens (including phenoxy) is 1. The van der Waals surface area contributed by atoms with E-state index in [1.165, 1.54) is 11.8 Å². The molecule has 0 unspecified atom stereocenters. The van der Waals surface area contributed by atoms with Crippen LogP contribution < -0.4 is 5.32 Å². The van der Waals surface area contributed by atoms with Crippen LogP contribution in [0.25, 0.3) is 11.0 Å². The van der Waals surface area contributed by atoms with Crippen molar-refractivity contribution in [2.45, 2.75) is 11.4 Å². The van der Waals surface area contributed by atoms with Gasteiger partial charge in [0, 0.05) is 4.90 Å². The maximum absolute atomic E-state index is 12.0. The van der Waals surface area contributed by atoms with E-state index in [4.69, 9.17) is 4.74 Å². The van der Waals surface area contributed by atoms with Crippen molar-refractivity contribution < 1.29 is 14.3 Å². The zero-order valence-electron chi connectivity index (χ0n) is 13.6. The Bertz CT molecular complexity index is 907. The highest BCUT2D eigenvalue weighted by Crippen LogP contribution is 2.24. The fourth-order valence-electron chi connectivity index (χ4n) is 2.40. The molecule has 0 saturated heterocycles. The molecule has 0 aliphatic rings. The number of carbonyl (C=O) groups is 2. The third-order valence-corrected chi connectivity index (χ3v) is 4.37. The predicted octanol–water partition coefficient (Wildman–Crippen LogP) is 2.94. The van der Waals surface area contributed by atoms with E-state index in [1.54, 1.807) is 10.9 Å². The number of hydrogen-bond acceptors (Lipinski definition) is 5. The molecule has 2 aromatic carbocycles. The fourth-order valence-corrected chi connectivity index (χ4v) is 2.95. The van der Waals surface area contributed by atoms with E-state index in [9.17, 15) is 9.59 Å². The number of anilines is 1. The zero-order chi connectivity index (χ0) is 17.6. The van der Waals surface area contributed by atoms with Crippen molar-refractivity contribution in [1.29, 1.82) is 0 Å². The number of para-hydroxylation sites is 3. The molecule has 0 aliphatic heterocycles. The number of hydrogen-bond donors (Lipinski definition) is 1. The Kier molecular flexibility index (Phi) is 5.35. The van der Waals surface area contributed by atoms with Gasteiger partial charge in [0.2, 0.25) is 0 Å². The van der Waals surface area contributed by atoms with E-state index < -0.39 is 5.97 Å². The lowest BCUT2D eigenvalue weighted by molar-refractivity contribution is -0.147. The second-order valence-corrected chi connectivity index (χ2v) is 6.12. The highest BCUT2D eigenvalue weighted by molar-refractivity contribution is 7.98. The Labute approximate surface area is 149 Å². The first-order valence-corrected chi connectivity index (χ1v) is 8.88. The van der Waals surface area contributed by atoms with Crippen molar-refractivity contribution in [3.63, 3.8) is 0 Å². The molecule has 1 N–H and O–H groups in total. The molecule has 0 spiro atoms. The van der Waals surface area contributed by atoms with Gasteiger partial charge in [-0.2, -0.15) is 0 Å². The van der Waals surface area contributed by atoms with Crippen molar-refractivity contribution >= 4 is 40.4 Å². The molecule has 3 aromatic rings. The summed E-state index contributed by atoms with van der Waals surface area (Å²) in [7, 11) is 0. The van der Waals surface area contributed by atoms with Crippen LogP contribution in [0.2, 0.25) is 0 Å². The average molecular weight is 355 g/mol. The number of carbonyl (C=O) groups excluding carboxylic acids is 2. The number of nitrogens with zero attached hydrogens (tertiary/aromatic N) is 2. The Morgan fingerprint density at radius 2 is 1.92 bits per heavy atom. The zero-order valence-corrected chi connectivity index (χ0v) is 14.5. The van der Waals surface area contributed by atoms with Gasteiger partial charge in [-0.05, 0) is 30.5 Å². The first-order chi connectivity index (χ1) is 12.2. The summed E-state index contributed by atoms with van der Waals surface area (Å²) in [6, 6.07) is 15.0. The number of rotatable bonds is 6. The van der Waals surface area contributed by atoms with Crippen LogP contribution >= 0.6 is 11.8 Å². The summed E-state index contributed by atoms with van der Waals surface area (Å²) in [5, 5.41) is 2.75. The lowest BCUT2D eigenvalue weighted by atomic mass is 10.3. The predicted molar refractivity (Wildman–Crippen MR) is 97.5 cm³/mol. The summed E-state index contributed by atoms with van der Waals surface area (Å²) in [6.07, 6.45) is 3.52. The molecule has 0 aliphatic carbocycles. The summed E-state index contributed by atoms with van der Waals surface area (Å²) >= 11 is 1.53. The highest BCUT2D eigenvalue weighted by Gasteiger charge is 2.11. The van der Waals surface area contributed by atoms with Gasteiger partial charge in [-0.15, -0.1) is 11.8 Å². The van der Waals surface area contributed by atoms with Crippen molar-refractivity contribution in [3.8, 4) is 0 Å². The molecule has 25 heavy (non-hydrogen) atoms. The smallest absolute Gasteiger partial charge is 0.326 e. The number of fused-ring (bicyclic) bond motifs is 1. The van der Waals surface area contributed by atoms with E-state index in [0.29, 0.717) is 5.69 Å². The van der Waals surface area contributed by atoms with E-state index in [-0.39, 0.29) is 19.1 Å². The molecule has 1 heterocycles. The van der Waals surface area contributed by atoms with E-state index in [1.807, 2.05) is 54.8 Å². The number of nitrogens with one attached hydrogen (secondary N) is 1. The summed E-state index contributed by atoms with van der Waals surface area (Å²) in [5.41, 5.74) is 2.36. The molecular weight excluding hydrogens is 338 g/mol. The Morgan fingerprint density at radius 3 is 2.76 bits per heavy atom. The molecule has 0 saturated carbocycles. The monoisotopic (exact) mass is 355 g/mol. The van der Waals surface area contributed by atoms with Gasteiger partial charge < -0.3 is 14.6 Å². The van der Waals surface area contributed by atoms with Crippen molar-refractivity contribution in [3.05, 3.63) is 54.9 Å². The maximum Gasteiger partial charge on any atom is 0.326 e. The SMILES string of the molecule is CSc1ccccc1NC(=O)COC(=O)Cn1cnc2ccccc21. The van der Waals surface area contributed by atoms with E-state index in [0.717, 1.165) is 15.9 Å². The van der Waals surface area contributed by atoms with Crippen LogP contribution in [-0.4, -0.2) is 34.3 Å². The molecular formula is C18H17N3O3S. The second kappa shape index (κ2) is 7.85. The highest BCUT2D eigenvalue weighted by atomic mass is 32.2. The molecule has 0 bridgehead atoms. The third-order valence-electron chi connectivity index (χ3n) is 3.57. The van der Waals surface area contributed by atoms with Crippen LogP contribution in [0.15, 0.2) is 59.8 Å². The summed E-state index contributed by atoms with van der Waals surface area (Å²) < 4.78 is 6.76. The largest absolute Gasteiger partial charge is 0.454 e. The number of thioether (sulfide) groups is 1. The number of amides is 1. The minimum atomic E-state index is -0.489. The van der Waals surface area contributed by atoms with Crippen LogP contribution in [0.3, 0.4) is 0 Å². The van der Waals surface area contributed by atoms with E-state index in [2.05, 4.69) is 10.3 Å². The topological polar surface area (TPSA) is 73.2 Å². The van der Waals surface area contributed by atoms with Gasteiger partial charge >= 0.3 is 5.97 Å². The Morgan fingerprint density at radius 1 is 1.16 bits per heavy atom. The normalized spacial score (nSPS) is 10.6. The first-order valence-electron chi connectivity index (χ1n) is 7.66. The lowest BCUT2D eigenvalue weighted by Gasteiger charge is -2.10. The quantitative estimate of drug-likeness (QED) is 0.544. The van der Waals surface area contributed by atoms with Gasteiger partial charge in [-0.3, -0.25) is 9.59 Å². The standard InChI is InChI=1S/C18H17N3O3S/c1-25-16-9-5-3-7-14(16)20-17(22)11-24-18(23)10-21-12-19-13-6-2-4-8-15(13)21/h2-9,12H,10-11H2,1H3,(H,20,22). The molecule has 0 radical (unpaired) electrons. The van der Waals surface area contributed by atoms with Gasteiger partial charge in [0.1, 0.15) is 6.54 Å². The van der Waals surface area contributed by atoms with Crippen LogP contribution in [0.5, 0.6) is 0 Å². The molecule has 7 heteroatoms. The van der Waals surface area contributed by atoms with Gasteiger partial charge in [0.25, 0.3) is 5.91 Å². The molecule has 128 valence electrons. The molecule has 0 fully saturated rings. The van der Waals surface area contributed by atoms with Crippen LogP contribution in [-0.2, 0) is 20.9 Å². The second-order valence-electron chi connectivity index (χ2n) is 5.27. The van der Waals surface area contributed by atoms with Gasteiger partial charge in [-0.1, -0.05) is 24.3 Å². The minimum absolute atomic E-state index is 0.00912. The first kappa shape index (κ1) is 17.0. The third kappa shape index (κ3) is 4.19. The maximum atomic E-state index is 12.0. The lowest BCUT2D eigenvalue weighted by Crippen LogP contribution is -2.23. The number of imidazole rings is 1. The average Bonchev–Trinajstić information content (AvgIpc) is 3.03.